The molecule has 0 bridgehead atoms. The molecule has 0 aliphatic heterocycles. The lowest BCUT2D eigenvalue weighted by atomic mass is 9.70. The van der Waals surface area contributed by atoms with Gasteiger partial charge >= 0.3 is 0 Å². The third-order valence-corrected chi connectivity index (χ3v) is 5.36. The van der Waals surface area contributed by atoms with E-state index in [2.05, 4.69) is 0 Å². The lowest BCUT2D eigenvalue weighted by Gasteiger charge is -2.29. The molecule has 4 rings (SSSR count). The van der Waals surface area contributed by atoms with Gasteiger partial charge in [0.15, 0.2) is 11.6 Å². The second kappa shape index (κ2) is 6.06. The summed E-state index contributed by atoms with van der Waals surface area (Å²) in [7, 11) is 0. The number of carbonyl (C=O) groups excluding carboxylic acids is 2. The van der Waals surface area contributed by atoms with Crippen LogP contribution in [0.5, 0.6) is 0 Å². The quantitative estimate of drug-likeness (QED) is 0.638. The Bertz CT molecular complexity index is 980. The van der Waals surface area contributed by atoms with E-state index in [1.807, 2.05) is 74.5 Å². The monoisotopic (exact) mass is 340 g/mol. The van der Waals surface area contributed by atoms with Gasteiger partial charge in [0.1, 0.15) is 5.41 Å². The highest BCUT2D eigenvalue weighted by atomic mass is 16.2. The Labute approximate surface area is 153 Å². The van der Waals surface area contributed by atoms with E-state index in [9.17, 15) is 9.59 Å². The Hall–Kier alpha value is -3.00. The maximum atomic E-state index is 13.6. The molecule has 3 aromatic rings. The molecule has 0 saturated heterocycles. The first-order valence-corrected chi connectivity index (χ1v) is 8.84. The van der Waals surface area contributed by atoms with E-state index in [4.69, 9.17) is 0 Å². The molecule has 3 aromatic carbocycles. The first-order chi connectivity index (χ1) is 12.5. The number of fused-ring (bicyclic) bond motifs is 1. The van der Waals surface area contributed by atoms with E-state index in [-0.39, 0.29) is 11.6 Å². The predicted octanol–water partition coefficient (Wildman–Crippen LogP) is 4.86. The van der Waals surface area contributed by atoms with Crippen molar-refractivity contribution in [1.29, 1.82) is 0 Å². The van der Waals surface area contributed by atoms with Crippen LogP contribution >= 0.6 is 0 Å². The van der Waals surface area contributed by atoms with Gasteiger partial charge in [0.05, 0.1) is 0 Å². The van der Waals surface area contributed by atoms with Crippen LogP contribution in [-0.2, 0) is 11.8 Å². The average molecular weight is 340 g/mol. The number of hydrogen-bond donors (Lipinski definition) is 0. The van der Waals surface area contributed by atoms with Gasteiger partial charge < -0.3 is 0 Å². The van der Waals surface area contributed by atoms with Crippen molar-refractivity contribution in [2.45, 2.75) is 25.7 Å². The van der Waals surface area contributed by atoms with E-state index >= 15 is 0 Å². The minimum atomic E-state index is -1.18. The summed E-state index contributed by atoms with van der Waals surface area (Å²) < 4.78 is 0. The highest BCUT2D eigenvalue weighted by molar-refractivity contribution is 6.33. The number of hydrogen-bond acceptors (Lipinski definition) is 2. The summed E-state index contributed by atoms with van der Waals surface area (Å²) in [6, 6.07) is 23.0. The topological polar surface area (TPSA) is 34.1 Å². The lowest BCUT2D eigenvalue weighted by molar-refractivity contribution is 0.0792. The second-order valence-electron chi connectivity index (χ2n) is 7.09. The summed E-state index contributed by atoms with van der Waals surface area (Å²) in [5.74, 6) is -0.175. The Morgan fingerprint density at radius 3 is 1.92 bits per heavy atom. The van der Waals surface area contributed by atoms with Gasteiger partial charge in [-0.05, 0) is 37.0 Å². The van der Waals surface area contributed by atoms with Crippen LogP contribution in [0.25, 0.3) is 0 Å². The summed E-state index contributed by atoms with van der Waals surface area (Å²) in [6.45, 7) is 3.97. The number of carbonyl (C=O) groups is 2. The smallest absolute Gasteiger partial charge is 0.182 e. The van der Waals surface area contributed by atoms with E-state index in [1.54, 1.807) is 12.1 Å². The fourth-order valence-electron chi connectivity index (χ4n) is 4.04. The van der Waals surface area contributed by atoms with Crippen LogP contribution in [0, 0.1) is 13.8 Å². The van der Waals surface area contributed by atoms with Crippen LogP contribution in [0.15, 0.2) is 72.8 Å². The average Bonchev–Trinajstić information content (AvgIpc) is 2.87. The first kappa shape index (κ1) is 16.5. The highest BCUT2D eigenvalue weighted by Gasteiger charge is 2.54. The molecule has 0 atom stereocenters. The van der Waals surface area contributed by atoms with Crippen LogP contribution < -0.4 is 0 Å². The molecule has 1 aliphatic rings. The van der Waals surface area contributed by atoms with E-state index in [1.165, 1.54) is 0 Å². The minimum Gasteiger partial charge on any atom is -0.293 e. The van der Waals surface area contributed by atoms with Gasteiger partial charge in [-0.15, -0.1) is 0 Å². The van der Waals surface area contributed by atoms with Crippen molar-refractivity contribution in [2.75, 3.05) is 0 Å². The number of Topliss-reactive ketones (excluding diaryl/α,β-unsaturated/α-hetero) is 2. The van der Waals surface area contributed by atoms with Gasteiger partial charge in [0, 0.05) is 11.1 Å². The van der Waals surface area contributed by atoms with Crippen molar-refractivity contribution < 1.29 is 9.59 Å². The summed E-state index contributed by atoms with van der Waals surface area (Å²) in [4.78, 5) is 27.2. The van der Waals surface area contributed by atoms with Crippen LogP contribution in [0.1, 0.15) is 43.0 Å². The summed E-state index contributed by atoms with van der Waals surface area (Å²) in [5, 5.41) is 0. The zero-order chi connectivity index (χ0) is 18.3. The lowest BCUT2D eigenvalue weighted by Crippen LogP contribution is -2.41. The molecule has 0 heterocycles. The number of ketones is 2. The van der Waals surface area contributed by atoms with E-state index < -0.39 is 5.41 Å². The van der Waals surface area contributed by atoms with Crippen LogP contribution in [0.3, 0.4) is 0 Å². The fraction of sp³-hybridized carbons (Fsp3) is 0.167. The molecule has 0 unspecified atom stereocenters. The van der Waals surface area contributed by atoms with Crippen LogP contribution in [-0.4, -0.2) is 11.6 Å². The highest BCUT2D eigenvalue weighted by Crippen LogP contribution is 2.43. The van der Waals surface area contributed by atoms with Crippen molar-refractivity contribution in [2.24, 2.45) is 0 Å². The van der Waals surface area contributed by atoms with Crippen molar-refractivity contribution >= 4 is 11.6 Å². The summed E-state index contributed by atoms with van der Waals surface area (Å²) in [6.07, 6.45) is 0.379. The maximum Gasteiger partial charge on any atom is 0.182 e. The van der Waals surface area contributed by atoms with Gasteiger partial charge in [-0.3, -0.25) is 9.59 Å². The third kappa shape index (κ3) is 2.33. The second-order valence-corrected chi connectivity index (χ2v) is 7.09. The standard InChI is InChI=1S/C24H20O2/c1-16-12-13-17(2)21(14-16)24(15-18-8-4-3-5-9-18)22(25)19-10-6-7-11-20(19)23(24)26/h3-14H,15H2,1-2H3. The van der Waals surface area contributed by atoms with Crippen LogP contribution in [0.2, 0.25) is 0 Å². The Morgan fingerprint density at radius 1 is 0.731 bits per heavy atom. The molecular formula is C24H20O2. The Morgan fingerprint density at radius 2 is 1.31 bits per heavy atom. The van der Waals surface area contributed by atoms with Gasteiger partial charge in [-0.1, -0.05) is 78.4 Å². The zero-order valence-corrected chi connectivity index (χ0v) is 15.0. The molecule has 0 fully saturated rings. The summed E-state index contributed by atoms with van der Waals surface area (Å²) >= 11 is 0. The summed E-state index contributed by atoms with van der Waals surface area (Å²) in [5.41, 5.74) is 3.73. The third-order valence-electron chi connectivity index (χ3n) is 5.36. The zero-order valence-electron chi connectivity index (χ0n) is 15.0. The van der Waals surface area contributed by atoms with Gasteiger partial charge in [0.25, 0.3) is 0 Å². The van der Waals surface area contributed by atoms with Crippen molar-refractivity contribution in [3.63, 3.8) is 0 Å². The molecule has 0 N–H and O–H groups in total. The molecule has 0 aromatic heterocycles. The van der Waals surface area contributed by atoms with E-state index in [0.717, 1.165) is 22.3 Å². The fourth-order valence-corrected chi connectivity index (χ4v) is 4.04. The van der Waals surface area contributed by atoms with Gasteiger partial charge in [0.2, 0.25) is 0 Å². The molecule has 26 heavy (non-hydrogen) atoms. The molecule has 0 amide bonds. The van der Waals surface area contributed by atoms with Crippen molar-refractivity contribution in [3.8, 4) is 0 Å². The molecular weight excluding hydrogens is 320 g/mol. The number of aryl methyl sites for hydroxylation is 2. The molecule has 2 nitrogen and oxygen atoms in total. The molecule has 1 aliphatic carbocycles. The first-order valence-electron chi connectivity index (χ1n) is 8.84. The van der Waals surface area contributed by atoms with Crippen molar-refractivity contribution in [1.82, 2.24) is 0 Å². The normalized spacial score (nSPS) is 15.2. The SMILES string of the molecule is Cc1ccc(C)c(C2(Cc3ccccc3)C(=O)c3ccccc3C2=O)c1. The van der Waals surface area contributed by atoms with Crippen molar-refractivity contribution in [3.05, 3.63) is 106 Å². The molecule has 0 radical (unpaired) electrons. The van der Waals surface area contributed by atoms with E-state index in [0.29, 0.717) is 17.5 Å². The van der Waals surface area contributed by atoms with Gasteiger partial charge in [-0.25, -0.2) is 0 Å². The predicted molar refractivity (Wildman–Crippen MR) is 103 cm³/mol. The van der Waals surface area contributed by atoms with Gasteiger partial charge in [-0.2, -0.15) is 0 Å². The largest absolute Gasteiger partial charge is 0.293 e. The molecule has 2 heteroatoms. The number of rotatable bonds is 3. The number of benzene rings is 3. The Kier molecular flexibility index (Phi) is 3.84. The van der Waals surface area contributed by atoms with Crippen LogP contribution in [0.4, 0.5) is 0 Å². The Balaban J connectivity index is 1.99. The molecule has 0 saturated carbocycles. The molecule has 128 valence electrons. The maximum absolute atomic E-state index is 13.6. The minimum absolute atomic E-state index is 0.0874. The molecule has 0 spiro atoms.